The summed E-state index contributed by atoms with van der Waals surface area (Å²) in [6.45, 7) is 5.04. The van der Waals surface area contributed by atoms with Crippen molar-refractivity contribution in [1.29, 1.82) is 0 Å². The van der Waals surface area contributed by atoms with E-state index in [4.69, 9.17) is 9.40 Å². The van der Waals surface area contributed by atoms with Crippen LogP contribution in [-0.4, -0.2) is 19.7 Å². The number of hydrogen-bond donors (Lipinski definition) is 0. The van der Waals surface area contributed by atoms with E-state index in [1.54, 1.807) is 29.4 Å². The summed E-state index contributed by atoms with van der Waals surface area (Å²) in [6.07, 6.45) is 2.71. The average Bonchev–Trinajstić information content (AvgIpc) is 3.46. The van der Waals surface area contributed by atoms with Gasteiger partial charge in [0, 0.05) is 23.2 Å². The molecule has 0 saturated carbocycles. The number of thiazole rings is 1. The summed E-state index contributed by atoms with van der Waals surface area (Å²) in [5.74, 6) is 2.27. The highest BCUT2D eigenvalue weighted by Gasteiger charge is 2.15. The van der Waals surface area contributed by atoms with Crippen LogP contribution in [0.1, 0.15) is 25.1 Å². The van der Waals surface area contributed by atoms with E-state index in [0.29, 0.717) is 0 Å². The zero-order valence-corrected chi connectivity index (χ0v) is 16.9. The Labute approximate surface area is 166 Å². The molecule has 0 spiro atoms. The molecule has 0 fully saturated rings. The smallest absolute Gasteiger partial charge is 0.200 e. The zero-order valence-electron chi connectivity index (χ0n) is 15.3. The van der Waals surface area contributed by atoms with Gasteiger partial charge in [-0.25, -0.2) is 4.98 Å². The SMILES string of the molecule is CCc1ccc(-c2nc(CSc3nnc(-c4ccco4)n3CC)cs2)cc1. The van der Waals surface area contributed by atoms with E-state index in [1.807, 2.05) is 12.1 Å². The quantitative estimate of drug-likeness (QED) is 0.384. The molecule has 4 aromatic rings. The van der Waals surface area contributed by atoms with Crippen LogP contribution in [0.15, 0.2) is 57.6 Å². The molecule has 3 heterocycles. The lowest BCUT2D eigenvalue weighted by atomic mass is 10.1. The number of hydrogen-bond acceptors (Lipinski definition) is 6. The normalized spacial score (nSPS) is 11.2. The van der Waals surface area contributed by atoms with E-state index < -0.39 is 0 Å². The van der Waals surface area contributed by atoms with Crippen molar-refractivity contribution in [2.24, 2.45) is 0 Å². The highest BCUT2D eigenvalue weighted by atomic mass is 32.2. The largest absolute Gasteiger partial charge is 0.461 e. The van der Waals surface area contributed by atoms with Crippen LogP contribution in [0.25, 0.3) is 22.2 Å². The molecule has 0 aliphatic rings. The molecular formula is C20H20N4OS2. The zero-order chi connectivity index (χ0) is 18.6. The highest BCUT2D eigenvalue weighted by Crippen LogP contribution is 2.29. The first-order valence-electron chi connectivity index (χ1n) is 8.92. The fraction of sp³-hybridized carbons (Fsp3) is 0.250. The summed E-state index contributed by atoms with van der Waals surface area (Å²) in [7, 11) is 0. The molecule has 0 saturated heterocycles. The molecule has 27 heavy (non-hydrogen) atoms. The fourth-order valence-corrected chi connectivity index (χ4v) is 4.62. The van der Waals surface area contributed by atoms with E-state index in [2.05, 4.69) is 58.3 Å². The Hall–Kier alpha value is -2.38. The average molecular weight is 397 g/mol. The molecule has 1 aromatic carbocycles. The van der Waals surface area contributed by atoms with Crippen molar-refractivity contribution in [1.82, 2.24) is 19.7 Å². The molecule has 0 N–H and O–H groups in total. The summed E-state index contributed by atoms with van der Waals surface area (Å²) in [5, 5.41) is 12.7. The van der Waals surface area contributed by atoms with Crippen molar-refractivity contribution >= 4 is 23.1 Å². The van der Waals surface area contributed by atoms with Crippen LogP contribution in [0, 0.1) is 0 Å². The number of rotatable bonds is 7. The van der Waals surface area contributed by atoms with Gasteiger partial charge in [0.25, 0.3) is 0 Å². The first kappa shape index (κ1) is 18.0. The van der Waals surface area contributed by atoms with Gasteiger partial charge in [0.15, 0.2) is 16.7 Å². The second-order valence-corrected chi connectivity index (χ2v) is 7.81. The lowest BCUT2D eigenvalue weighted by molar-refractivity contribution is 0.567. The van der Waals surface area contributed by atoms with E-state index >= 15 is 0 Å². The summed E-state index contributed by atoms with van der Waals surface area (Å²) >= 11 is 3.33. The van der Waals surface area contributed by atoms with Gasteiger partial charge in [0.05, 0.1) is 12.0 Å². The Morgan fingerprint density at radius 3 is 2.67 bits per heavy atom. The number of aromatic nitrogens is 4. The molecule has 0 atom stereocenters. The van der Waals surface area contributed by atoms with Crippen molar-refractivity contribution in [3.8, 4) is 22.2 Å². The molecular weight excluding hydrogens is 376 g/mol. The summed E-state index contributed by atoms with van der Waals surface area (Å²) in [4.78, 5) is 4.78. The van der Waals surface area contributed by atoms with Crippen molar-refractivity contribution in [3.05, 3.63) is 59.3 Å². The van der Waals surface area contributed by atoms with Crippen molar-refractivity contribution in [3.63, 3.8) is 0 Å². The maximum atomic E-state index is 5.46. The van der Waals surface area contributed by atoms with Gasteiger partial charge >= 0.3 is 0 Å². The Balaban J connectivity index is 1.47. The Bertz CT molecular complexity index is 1000. The molecule has 0 aliphatic carbocycles. The number of thioether (sulfide) groups is 1. The van der Waals surface area contributed by atoms with Crippen LogP contribution in [0.3, 0.4) is 0 Å². The Kier molecular flexibility index (Phi) is 5.40. The van der Waals surface area contributed by atoms with E-state index in [1.165, 1.54) is 11.1 Å². The van der Waals surface area contributed by atoms with E-state index in [9.17, 15) is 0 Å². The Morgan fingerprint density at radius 1 is 1.11 bits per heavy atom. The highest BCUT2D eigenvalue weighted by molar-refractivity contribution is 7.98. The second kappa shape index (κ2) is 8.10. The first-order chi connectivity index (χ1) is 13.3. The third kappa shape index (κ3) is 3.84. The minimum absolute atomic E-state index is 0.739. The van der Waals surface area contributed by atoms with Gasteiger partial charge < -0.3 is 4.42 Å². The molecule has 7 heteroatoms. The molecule has 3 aromatic heterocycles. The number of nitrogens with zero attached hydrogens (tertiary/aromatic N) is 4. The minimum atomic E-state index is 0.739. The monoisotopic (exact) mass is 396 g/mol. The molecule has 138 valence electrons. The van der Waals surface area contributed by atoms with Gasteiger partial charge in [-0.1, -0.05) is 43.0 Å². The fourth-order valence-electron chi connectivity index (χ4n) is 2.80. The molecule has 0 radical (unpaired) electrons. The van der Waals surface area contributed by atoms with Crippen LogP contribution in [0.2, 0.25) is 0 Å². The summed E-state index contributed by atoms with van der Waals surface area (Å²) in [6, 6.07) is 12.4. The molecule has 0 amide bonds. The summed E-state index contributed by atoms with van der Waals surface area (Å²) in [5.41, 5.74) is 3.58. The third-order valence-electron chi connectivity index (χ3n) is 4.28. The van der Waals surface area contributed by atoms with Crippen LogP contribution >= 0.6 is 23.1 Å². The van der Waals surface area contributed by atoms with Gasteiger partial charge in [-0.3, -0.25) is 4.57 Å². The van der Waals surface area contributed by atoms with E-state index in [-0.39, 0.29) is 0 Å². The minimum Gasteiger partial charge on any atom is -0.461 e. The Morgan fingerprint density at radius 2 is 1.96 bits per heavy atom. The third-order valence-corrected chi connectivity index (χ3v) is 6.23. The predicted molar refractivity (Wildman–Crippen MR) is 110 cm³/mol. The van der Waals surface area contributed by atoms with Gasteiger partial charge in [0.2, 0.25) is 0 Å². The molecule has 0 aliphatic heterocycles. The van der Waals surface area contributed by atoms with Crippen LogP contribution in [0.5, 0.6) is 0 Å². The topological polar surface area (TPSA) is 56.7 Å². The van der Waals surface area contributed by atoms with E-state index in [0.717, 1.165) is 46.2 Å². The van der Waals surface area contributed by atoms with Gasteiger partial charge in [0.1, 0.15) is 5.01 Å². The molecule has 0 bridgehead atoms. The summed E-state index contributed by atoms with van der Waals surface area (Å²) < 4.78 is 7.53. The van der Waals surface area contributed by atoms with Crippen LogP contribution in [-0.2, 0) is 18.7 Å². The van der Waals surface area contributed by atoms with Crippen LogP contribution < -0.4 is 0 Å². The standard InChI is InChI=1S/C20H20N4OS2/c1-3-14-7-9-15(10-8-14)19-21-16(12-26-19)13-27-20-23-22-18(24(20)4-2)17-6-5-11-25-17/h5-12H,3-4,13H2,1-2H3. The van der Waals surface area contributed by atoms with Crippen molar-refractivity contribution < 1.29 is 4.42 Å². The van der Waals surface area contributed by atoms with Crippen LogP contribution in [0.4, 0.5) is 0 Å². The maximum Gasteiger partial charge on any atom is 0.200 e. The maximum absolute atomic E-state index is 5.46. The second-order valence-electron chi connectivity index (χ2n) is 6.01. The number of benzene rings is 1. The lowest BCUT2D eigenvalue weighted by Crippen LogP contribution is -1.99. The molecule has 4 rings (SSSR count). The van der Waals surface area contributed by atoms with Gasteiger partial charge in [-0.15, -0.1) is 21.5 Å². The van der Waals surface area contributed by atoms with Gasteiger partial charge in [-0.05, 0) is 31.0 Å². The van der Waals surface area contributed by atoms with Crippen molar-refractivity contribution in [2.45, 2.75) is 37.7 Å². The first-order valence-corrected chi connectivity index (χ1v) is 10.8. The number of furan rings is 1. The van der Waals surface area contributed by atoms with Crippen molar-refractivity contribution in [2.75, 3.05) is 0 Å². The van der Waals surface area contributed by atoms with Gasteiger partial charge in [-0.2, -0.15) is 0 Å². The molecule has 5 nitrogen and oxygen atoms in total. The number of aryl methyl sites for hydroxylation is 1. The lowest BCUT2D eigenvalue weighted by Gasteiger charge is -2.04. The molecule has 0 unspecified atom stereocenters. The predicted octanol–water partition coefficient (Wildman–Crippen LogP) is 5.54.